The van der Waals surface area contributed by atoms with Crippen molar-refractivity contribution >= 4 is 28.2 Å². The van der Waals surface area contributed by atoms with Gasteiger partial charge in [-0.15, -0.1) is 0 Å². The quantitative estimate of drug-likeness (QED) is 0.757. The lowest BCUT2D eigenvalue weighted by molar-refractivity contribution is 0.994. The molecule has 0 radical (unpaired) electrons. The van der Waals surface area contributed by atoms with Crippen molar-refractivity contribution < 1.29 is 0 Å². The Bertz CT molecular complexity index is 462. The Kier molecular flexibility index (Phi) is 4.75. The first-order valence-electron chi connectivity index (χ1n) is 6.21. The van der Waals surface area contributed by atoms with Crippen LogP contribution in [0, 0.1) is 0 Å². The molecule has 1 N–H and O–H groups in total. The fraction of sp³-hybridized carbons (Fsp3) is 0.333. The first-order valence-corrected chi connectivity index (χ1v) is 7.36. The molecule has 90 valence electrons. The van der Waals surface area contributed by atoms with Gasteiger partial charge in [0, 0.05) is 17.6 Å². The SMILES string of the molecule is CCSCCCNc1cccc2ccccc12. The van der Waals surface area contributed by atoms with E-state index in [2.05, 4.69) is 54.7 Å². The molecular formula is C15H19NS. The summed E-state index contributed by atoms with van der Waals surface area (Å²) in [6, 6.07) is 15.0. The van der Waals surface area contributed by atoms with E-state index in [0.717, 1.165) is 6.54 Å². The maximum atomic E-state index is 3.53. The van der Waals surface area contributed by atoms with Gasteiger partial charge in [-0.3, -0.25) is 0 Å². The zero-order valence-corrected chi connectivity index (χ0v) is 11.1. The van der Waals surface area contributed by atoms with Gasteiger partial charge in [0.15, 0.2) is 0 Å². The van der Waals surface area contributed by atoms with Crippen molar-refractivity contribution in [2.24, 2.45) is 0 Å². The van der Waals surface area contributed by atoms with E-state index in [4.69, 9.17) is 0 Å². The van der Waals surface area contributed by atoms with Gasteiger partial charge in [-0.2, -0.15) is 11.8 Å². The van der Waals surface area contributed by atoms with Crippen LogP contribution in [0.25, 0.3) is 10.8 Å². The number of benzene rings is 2. The lowest BCUT2D eigenvalue weighted by Crippen LogP contribution is -2.03. The van der Waals surface area contributed by atoms with Crippen LogP contribution in [0.1, 0.15) is 13.3 Å². The number of fused-ring (bicyclic) bond motifs is 1. The summed E-state index contributed by atoms with van der Waals surface area (Å²) in [5.41, 5.74) is 1.25. The topological polar surface area (TPSA) is 12.0 Å². The third kappa shape index (κ3) is 3.40. The second-order valence-electron chi connectivity index (χ2n) is 4.00. The number of nitrogens with one attached hydrogen (secondary N) is 1. The van der Waals surface area contributed by atoms with Crippen LogP contribution >= 0.6 is 11.8 Å². The van der Waals surface area contributed by atoms with Crippen LogP contribution in [0.15, 0.2) is 42.5 Å². The van der Waals surface area contributed by atoms with E-state index in [1.807, 2.05) is 11.8 Å². The molecule has 0 saturated heterocycles. The maximum Gasteiger partial charge on any atom is 0.0419 e. The minimum atomic E-state index is 1.06. The Morgan fingerprint density at radius 1 is 1.06 bits per heavy atom. The maximum absolute atomic E-state index is 3.53. The number of rotatable bonds is 6. The van der Waals surface area contributed by atoms with Crippen molar-refractivity contribution in [2.45, 2.75) is 13.3 Å². The molecular weight excluding hydrogens is 226 g/mol. The summed E-state index contributed by atoms with van der Waals surface area (Å²) in [6.07, 6.45) is 1.22. The molecule has 0 aliphatic carbocycles. The lowest BCUT2D eigenvalue weighted by atomic mass is 10.1. The summed E-state index contributed by atoms with van der Waals surface area (Å²) in [6.45, 7) is 3.27. The standard InChI is InChI=1S/C15H19NS/c1-2-17-12-6-11-16-15-10-5-8-13-7-3-4-9-14(13)15/h3-5,7-10,16H,2,6,11-12H2,1H3. The van der Waals surface area contributed by atoms with E-state index in [9.17, 15) is 0 Å². The van der Waals surface area contributed by atoms with Crippen LogP contribution < -0.4 is 5.32 Å². The molecule has 0 atom stereocenters. The minimum absolute atomic E-state index is 1.06. The van der Waals surface area contributed by atoms with Crippen LogP contribution in [-0.4, -0.2) is 18.1 Å². The average molecular weight is 245 g/mol. The summed E-state index contributed by atoms with van der Waals surface area (Å²) in [5, 5.41) is 6.16. The third-order valence-corrected chi connectivity index (χ3v) is 3.76. The molecule has 0 spiro atoms. The Balaban J connectivity index is 1.98. The van der Waals surface area contributed by atoms with Gasteiger partial charge in [0.1, 0.15) is 0 Å². The zero-order valence-electron chi connectivity index (χ0n) is 10.3. The van der Waals surface area contributed by atoms with Gasteiger partial charge in [0.25, 0.3) is 0 Å². The Labute approximate surface area is 108 Å². The fourth-order valence-electron chi connectivity index (χ4n) is 1.92. The van der Waals surface area contributed by atoms with Crippen molar-refractivity contribution in [1.29, 1.82) is 0 Å². The van der Waals surface area contributed by atoms with E-state index in [-0.39, 0.29) is 0 Å². The second-order valence-corrected chi connectivity index (χ2v) is 5.40. The fourth-order valence-corrected chi connectivity index (χ4v) is 2.56. The van der Waals surface area contributed by atoms with Crippen LogP contribution in [0.3, 0.4) is 0 Å². The highest BCUT2D eigenvalue weighted by Crippen LogP contribution is 2.22. The first kappa shape index (κ1) is 12.3. The first-order chi connectivity index (χ1) is 8.42. The molecule has 0 saturated carbocycles. The second kappa shape index (κ2) is 6.55. The molecule has 0 aliphatic heterocycles. The van der Waals surface area contributed by atoms with Gasteiger partial charge in [-0.25, -0.2) is 0 Å². The molecule has 0 unspecified atom stereocenters. The van der Waals surface area contributed by atoms with Crippen LogP contribution in [0.5, 0.6) is 0 Å². The van der Waals surface area contributed by atoms with Crippen LogP contribution in [0.2, 0.25) is 0 Å². The van der Waals surface area contributed by atoms with Crippen molar-refractivity contribution in [3.8, 4) is 0 Å². The Morgan fingerprint density at radius 3 is 2.76 bits per heavy atom. The van der Waals surface area contributed by atoms with E-state index in [1.54, 1.807) is 0 Å². The van der Waals surface area contributed by atoms with Crippen LogP contribution in [-0.2, 0) is 0 Å². The summed E-state index contributed by atoms with van der Waals surface area (Å²) < 4.78 is 0. The lowest BCUT2D eigenvalue weighted by Gasteiger charge is -2.09. The highest BCUT2D eigenvalue weighted by atomic mass is 32.2. The van der Waals surface area contributed by atoms with Crippen molar-refractivity contribution in [2.75, 3.05) is 23.4 Å². The van der Waals surface area contributed by atoms with E-state index >= 15 is 0 Å². The van der Waals surface area contributed by atoms with Crippen molar-refractivity contribution in [3.63, 3.8) is 0 Å². The van der Waals surface area contributed by atoms with Gasteiger partial charge in [-0.1, -0.05) is 43.3 Å². The summed E-state index contributed by atoms with van der Waals surface area (Å²) in [5.74, 6) is 2.46. The minimum Gasteiger partial charge on any atom is -0.385 e. The molecule has 2 rings (SSSR count). The molecule has 17 heavy (non-hydrogen) atoms. The molecule has 2 aromatic rings. The Morgan fingerprint density at radius 2 is 1.88 bits per heavy atom. The molecule has 0 heterocycles. The highest BCUT2D eigenvalue weighted by molar-refractivity contribution is 7.99. The van der Waals surface area contributed by atoms with Crippen LogP contribution in [0.4, 0.5) is 5.69 Å². The largest absolute Gasteiger partial charge is 0.385 e. The van der Waals surface area contributed by atoms with Gasteiger partial charge >= 0.3 is 0 Å². The van der Waals surface area contributed by atoms with Crippen molar-refractivity contribution in [1.82, 2.24) is 0 Å². The van der Waals surface area contributed by atoms with Gasteiger partial charge in [0.05, 0.1) is 0 Å². The molecule has 2 aromatic carbocycles. The van der Waals surface area contributed by atoms with Gasteiger partial charge < -0.3 is 5.32 Å². The number of hydrogen-bond donors (Lipinski definition) is 1. The van der Waals surface area contributed by atoms with E-state index in [0.29, 0.717) is 0 Å². The number of thioether (sulfide) groups is 1. The van der Waals surface area contributed by atoms with Crippen molar-refractivity contribution in [3.05, 3.63) is 42.5 Å². The Hall–Kier alpha value is -1.15. The molecule has 2 heteroatoms. The molecule has 1 nitrogen and oxygen atoms in total. The molecule has 0 fully saturated rings. The normalized spacial score (nSPS) is 10.6. The monoisotopic (exact) mass is 245 g/mol. The molecule has 0 amide bonds. The third-order valence-electron chi connectivity index (χ3n) is 2.77. The summed E-state index contributed by atoms with van der Waals surface area (Å²) >= 11 is 2.01. The van der Waals surface area contributed by atoms with Gasteiger partial charge in [0.2, 0.25) is 0 Å². The predicted molar refractivity (Wildman–Crippen MR) is 80.1 cm³/mol. The molecule has 0 aliphatic rings. The average Bonchev–Trinajstić information content (AvgIpc) is 2.39. The number of anilines is 1. The smallest absolute Gasteiger partial charge is 0.0419 e. The molecule has 0 bridgehead atoms. The van der Waals surface area contributed by atoms with E-state index in [1.165, 1.54) is 34.4 Å². The molecule has 0 aromatic heterocycles. The highest BCUT2D eigenvalue weighted by Gasteiger charge is 1.98. The van der Waals surface area contributed by atoms with Gasteiger partial charge in [-0.05, 0) is 29.4 Å². The predicted octanol–water partition coefficient (Wildman–Crippen LogP) is 4.39. The number of hydrogen-bond acceptors (Lipinski definition) is 2. The van der Waals surface area contributed by atoms with E-state index < -0.39 is 0 Å². The zero-order chi connectivity index (χ0) is 11.9. The summed E-state index contributed by atoms with van der Waals surface area (Å²) in [7, 11) is 0. The summed E-state index contributed by atoms with van der Waals surface area (Å²) in [4.78, 5) is 0.